The molecule has 1 aliphatic heterocycles. The molecule has 0 fully saturated rings. The Balaban J connectivity index is 2.41. The summed E-state index contributed by atoms with van der Waals surface area (Å²) in [5.41, 5.74) is 2.20. The van der Waals surface area contributed by atoms with Gasteiger partial charge in [-0.15, -0.1) is 0 Å². The minimum Gasteiger partial charge on any atom is -0.493 e. The second kappa shape index (κ2) is 3.62. The Bertz CT molecular complexity index is 331. The van der Waals surface area contributed by atoms with E-state index in [1.54, 1.807) is 0 Å². The molecule has 14 heavy (non-hydrogen) atoms. The SMILES string of the molecule is CC(C)c1ccc2c(c1)[C@H](O)CCO2. The molecule has 0 unspecified atom stereocenters. The summed E-state index contributed by atoms with van der Waals surface area (Å²) in [6.07, 6.45) is 0.353. The molecule has 0 bridgehead atoms. The summed E-state index contributed by atoms with van der Waals surface area (Å²) in [5, 5.41) is 9.79. The Hall–Kier alpha value is -1.02. The molecule has 0 radical (unpaired) electrons. The van der Waals surface area contributed by atoms with Crippen LogP contribution in [0.3, 0.4) is 0 Å². The van der Waals surface area contributed by atoms with Gasteiger partial charge in [0.25, 0.3) is 0 Å². The molecule has 2 nitrogen and oxygen atoms in total. The number of rotatable bonds is 1. The standard InChI is InChI=1S/C12H16O2/c1-8(2)9-3-4-12-10(7-9)11(13)5-6-14-12/h3-4,7-8,11,13H,5-6H2,1-2H3/t11-/m1/s1. The van der Waals surface area contributed by atoms with Crippen LogP contribution >= 0.6 is 0 Å². The van der Waals surface area contributed by atoms with E-state index in [1.807, 2.05) is 6.07 Å². The molecule has 2 rings (SSSR count). The van der Waals surface area contributed by atoms with Crippen LogP contribution in [0.4, 0.5) is 0 Å². The van der Waals surface area contributed by atoms with Gasteiger partial charge in [0.2, 0.25) is 0 Å². The summed E-state index contributed by atoms with van der Waals surface area (Å²) in [7, 11) is 0. The van der Waals surface area contributed by atoms with E-state index in [2.05, 4.69) is 26.0 Å². The first-order valence-electron chi connectivity index (χ1n) is 5.13. The second-order valence-corrected chi connectivity index (χ2v) is 4.10. The van der Waals surface area contributed by atoms with E-state index >= 15 is 0 Å². The van der Waals surface area contributed by atoms with Crippen LogP contribution in [-0.4, -0.2) is 11.7 Å². The normalized spacial score (nSPS) is 20.4. The Morgan fingerprint density at radius 1 is 1.43 bits per heavy atom. The first-order valence-corrected chi connectivity index (χ1v) is 5.13. The number of benzene rings is 1. The molecular weight excluding hydrogens is 176 g/mol. The lowest BCUT2D eigenvalue weighted by molar-refractivity contribution is 0.115. The number of ether oxygens (including phenoxy) is 1. The molecule has 1 atom stereocenters. The number of fused-ring (bicyclic) bond motifs is 1. The van der Waals surface area contributed by atoms with Gasteiger partial charge in [-0.1, -0.05) is 19.9 Å². The van der Waals surface area contributed by atoms with Gasteiger partial charge in [0, 0.05) is 12.0 Å². The molecule has 1 heterocycles. The van der Waals surface area contributed by atoms with Gasteiger partial charge in [0.15, 0.2) is 0 Å². The molecule has 0 saturated carbocycles. The Morgan fingerprint density at radius 2 is 2.21 bits per heavy atom. The third kappa shape index (κ3) is 1.62. The van der Waals surface area contributed by atoms with Crippen LogP contribution in [0.2, 0.25) is 0 Å². The smallest absolute Gasteiger partial charge is 0.125 e. The quantitative estimate of drug-likeness (QED) is 0.741. The molecule has 0 spiro atoms. The van der Waals surface area contributed by atoms with Crippen LogP contribution in [-0.2, 0) is 0 Å². The second-order valence-electron chi connectivity index (χ2n) is 4.10. The van der Waals surface area contributed by atoms with Crippen molar-refractivity contribution in [1.29, 1.82) is 0 Å². The van der Waals surface area contributed by atoms with Crippen LogP contribution in [0, 0.1) is 0 Å². The first kappa shape index (κ1) is 9.53. The van der Waals surface area contributed by atoms with Crippen molar-refractivity contribution in [3.8, 4) is 5.75 Å². The van der Waals surface area contributed by atoms with Gasteiger partial charge in [0.1, 0.15) is 5.75 Å². The van der Waals surface area contributed by atoms with Crippen molar-refractivity contribution >= 4 is 0 Å². The fourth-order valence-corrected chi connectivity index (χ4v) is 1.75. The van der Waals surface area contributed by atoms with Crippen LogP contribution in [0.15, 0.2) is 18.2 Å². The van der Waals surface area contributed by atoms with E-state index in [4.69, 9.17) is 4.74 Å². The number of hydrogen-bond acceptors (Lipinski definition) is 2. The maximum atomic E-state index is 9.79. The lowest BCUT2D eigenvalue weighted by Crippen LogP contribution is -2.14. The highest BCUT2D eigenvalue weighted by Crippen LogP contribution is 2.33. The van der Waals surface area contributed by atoms with Crippen LogP contribution in [0.25, 0.3) is 0 Å². The Labute approximate surface area is 84.5 Å². The molecule has 1 aromatic rings. The molecule has 1 aliphatic rings. The topological polar surface area (TPSA) is 29.5 Å². The summed E-state index contributed by atoms with van der Waals surface area (Å²) in [6, 6.07) is 6.10. The highest BCUT2D eigenvalue weighted by Gasteiger charge is 2.19. The van der Waals surface area contributed by atoms with E-state index in [0.717, 1.165) is 11.3 Å². The number of hydrogen-bond donors (Lipinski definition) is 1. The third-order valence-corrected chi connectivity index (χ3v) is 2.71. The Kier molecular flexibility index (Phi) is 2.46. The van der Waals surface area contributed by atoms with E-state index in [0.29, 0.717) is 18.9 Å². The molecule has 1 N–H and O–H groups in total. The van der Waals surface area contributed by atoms with Gasteiger partial charge in [-0.3, -0.25) is 0 Å². The first-order chi connectivity index (χ1) is 6.68. The van der Waals surface area contributed by atoms with E-state index in [-0.39, 0.29) is 6.10 Å². The monoisotopic (exact) mass is 192 g/mol. The summed E-state index contributed by atoms with van der Waals surface area (Å²) >= 11 is 0. The maximum absolute atomic E-state index is 9.79. The van der Waals surface area contributed by atoms with E-state index in [9.17, 15) is 5.11 Å². The minimum absolute atomic E-state index is 0.350. The van der Waals surface area contributed by atoms with Gasteiger partial charge in [-0.25, -0.2) is 0 Å². The van der Waals surface area contributed by atoms with Gasteiger partial charge in [-0.2, -0.15) is 0 Å². The van der Waals surface area contributed by atoms with Crippen molar-refractivity contribution in [3.05, 3.63) is 29.3 Å². The predicted molar refractivity (Wildman–Crippen MR) is 55.6 cm³/mol. The third-order valence-electron chi connectivity index (χ3n) is 2.71. The van der Waals surface area contributed by atoms with Crippen LogP contribution in [0.5, 0.6) is 5.75 Å². The molecule has 76 valence electrons. The van der Waals surface area contributed by atoms with Crippen molar-refractivity contribution in [1.82, 2.24) is 0 Å². The maximum Gasteiger partial charge on any atom is 0.125 e. The van der Waals surface area contributed by atoms with Crippen molar-refractivity contribution in [2.45, 2.75) is 32.3 Å². The summed E-state index contributed by atoms with van der Waals surface area (Å²) in [4.78, 5) is 0. The van der Waals surface area contributed by atoms with Crippen LogP contribution < -0.4 is 4.74 Å². The van der Waals surface area contributed by atoms with Crippen molar-refractivity contribution < 1.29 is 9.84 Å². The zero-order valence-electron chi connectivity index (χ0n) is 8.66. The number of aliphatic hydroxyl groups excluding tert-OH is 1. The van der Waals surface area contributed by atoms with Gasteiger partial charge < -0.3 is 9.84 Å². The average Bonchev–Trinajstić information content (AvgIpc) is 2.18. The van der Waals surface area contributed by atoms with Crippen molar-refractivity contribution in [3.63, 3.8) is 0 Å². The lowest BCUT2D eigenvalue weighted by atomic mass is 9.96. The molecule has 0 aliphatic carbocycles. The predicted octanol–water partition coefficient (Wildman–Crippen LogP) is 2.63. The average molecular weight is 192 g/mol. The minimum atomic E-state index is -0.350. The van der Waals surface area contributed by atoms with Gasteiger partial charge in [0.05, 0.1) is 12.7 Å². The molecule has 0 amide bonds. The largest absolute Gasteiger partial charge is 0.493 e. The zero-order chi connectivity index (χ0) is 10.1. The molecule has 0 aromatic heterocycles. The molecule has 1 aromatic carbocycles. The van der Waals surface area contributed by atoms with Gasteiger partial charge in [-0.05, 0) is 23.6 Å². The lowest BCUT2D eigenvalue weighted by Gasteiger charge is -2.23. The van der Waals surface area contributed by atoms with Crippen molar-refractivity contribution in [2.24, 2.45) is 0 Å². The zero-order valence-corrected chi connectivity index (χ0v) is 8.66. The highest BCUT2D eigenvalue weighted by atomic mass is 16.5. The highest BCUT2D eigenvalue weighted by molar-refractivity contribution is 5.40. The molecular formula is C12H16O2. The fraction of sp³-hybridized carbons (Fsp3) is 0.500. The van der Waals surface area contributed by atoms with Crippen molar-refractivity contribution in [2.75, 3.05) is 6.61 Å². The van der Waals surface area contributed by atoms with E-state index < -0.39 is 0 Å². The van der Waals surface area contributed by atoms with Gasteiger partial charge >= 0.3 is 0 Å². The molecule has 0 saturated heterocycles. The summed E-state index contributed by atoms with van der Waals surface area (Å²) in [5.74, 6) is 1.34. The molecule has 2 heteroatoms. The Morgan fingerprint density at radius 3 is 2.93 bits per heavy atom. The van der Waals surface area contributed by atoms with Crippen LogP contribution in [0.1, 0.15) is 43.4 Å². The summed E-state index contributed by atoms with van der Waals surface area (Å²) < 4.78 is 5.47. The fourth-order valence-electron chi connectivity index (χ4n) is 1.75. The van der Waals surface area contributed by atoms with E-state index in [1.165, 1.54) is 5.56 Å². The number of aliphatic hydroxyl groups is 1. The summed E-state index contributed by atoms with van der Waals surface area (Å²) in [6.45, 7) is 4.92.